The maximum Gasteiger partial charge on any atom is 0.342 e. The van der Waals surface area contributed by atoms with Crippen LogP contribution in [-0.4, -0.2) is 36.4 Å². The van der Waals surface area contributed by atoms with Crippen LogP contribution < -0.4 is 4.74 Å². The van der Waals surface area contributed by atoms with E-state index in [1.807, 2.05) is 48.5 Å². The molecule has 0 bridgehead atoms. The Hall–Kier alpha value is -4.08. The Balaban J connectivity index is 1.42. The lowest BCUT2D eigenvalue weighted by atomic mass is 9.87. The monoisotopic (exact) mass is 482 g/mol. The van der Waals surface area contributed by atoms with Crippen LogP contribution >= 0.6 is 11.7 Å². The largest absolute Gasteiger partial charge is 0.493 e. The molecule has 4 heterocycles. The SMILES string of the molecule is O=C1OC(O)(c2ccc3c(c2)CCO3)C(Cc2ccc3[nH]cnc3c2)=C1c1ccc2nsnc2c1. The van der Waals surface area contributed by atoms with Gasteiger partial charge in [-0.2, -0.15) is 8.75 Å². The van der Waals surface area contributed by atoms with Gasteiger partial charge in [0.05, 0.1) is 41.3 Å². The molecule has 2 aliphatic heterocycles. The van der Waals surface area contributed by atoms with E-state index >= 15 is 0 Å². The van der Waals surface area contributed by atoms with Crippen LogP contribution in [0.15, 0.2) is 66.5 Å². The van der Waals surface area contributed by atoms with Gasteiger partial charge in [0.2, 0.25) is 0 Å². The van der Waals surface area contributed by atoms with E-state index < -0.39 is 11.8 Å². The molecular weight excluding hydrogens is 464 g/mol. The van der Waals surface area contributed by atoms with Crippen molar-refractivity contribution in [2.75, 3.05) is 6.61 Å². The molecule has 1 atom stereocenters. The first kappa shape index (κ1) is 20.3. The van der Waals surface area contributed by atoms with E-state index in [1.54, 1.807) is 12.4 Å². The van der Waals surface area contributed by atoms with Gasteiger partial charge < -0.3 is 19.6 Å². The highest BCUT2D eigenvalue weighted by Crippen LogP contribution is 2.46. The second-order valence-electron chi connectivity index (χ2n) is 8.71. The zero-order chi connectivity index (χ0) is 23.6. The van der Waals surface area contributed by atoms with Gasteiger partial charge in [0, 0.05) is 24.0 Å². The fourth-order valence-electron chi connectivity index (χ4n) is 4.90. The van der Waals surface area contributed by atoms with Crippen LogP contribution in [0.4, 0.5) is 0 Å². The molecule has 0 amide bonds. The quantitative estimate of drug-likeness (QED) is 0.374. The minimum absolute atomic E-state index is 0.293. The van der Waals surface area contributed by atoms with Crippen molar-refractivity contribution in [3.63, 3.8) is 0 Å². The number of rotatable bonds is 4. The fourth-order valence-corrected chi connectivity index (χ4v) is 5.42. The maximum absolute atomic E-state index is 13.3. The number of aliphatic hydroxyl groups is 1. The molecule has 172 valence electrons. The first-order valence-corrected chi connectivity index (χ1v) is 11.9. The Kier molecular flexibility index (Phi) is 4.33. The summed E-state index contributed by atoms with van der Waals surface area (Å²) in [5.41, 5.74) is 6.98. The van der Waals surface area contributed by atoms with Crippen LogP contribution in [0.3, 0.4) is 0 Å². The van der Waals surface area contributed by atoms with Crippen LogP contribution in [0.5, 0.6) is 5.75 Å². The van der Waals surface area contributed by atoms with E-state index in [9.17, 15) is 9.90 Å². The summed E-state index contributed by atoms with van der Waals surface area (Å²) >= 11 is 1.11. The van der Waals surface area contributed by atoms with E-state index in [1.165, 1.54) is 0 Å². The van der Waals surface area contributed by atoms with E-state index in [4.69, 9.17) is 9.47 Å². The zero-order valence-electron chi connectivity index (χ0n) is 18.3. The van der Waals surface area contributed by atoms with Gasteiger partial charge in [0.15, 0.2) is 0 Å². The Bertz CT molecular complexity index is 1690. The predicted octanol–water partition coefficient (Wildman–Crippen LogP) is 3.90. The number of carbonyl (C=O) groups excluding carboxylic acids is 1. The minimum Gasteiger partial charge on any atom is -0.493 e. The molecule has 2 aromatic heterocycles. The molecule has 1 unspecified atom stereocenters. The Morgan fingerprint density at radius 1 is 1.03 bits per heavy atom. The van der Waals surface area contributed by atoms with Gasteiger partial charge in [0.25, 0.3) is 5.79 Å². The smallest absolute Gasteiger partial charge is 0.342 e. The normalized spacial score (nSPS) is 19.4. The number of carbonyl (C=O) groups is 1. The molecule has 2 aliphatic rings. The number of nitrogens with one attached hydrogen (secondary N) is 1. The average Bonchev–Trinajstić information content (AvgIpc) is 3.65. The molecule has 0 spiro atoms. The summed E-state index contributed by atoms with van der Waals surface area (Å²) in [6, 6.07) is 16.7. The zero-order valence-corrected chi connectivity index (χ0v) is 19.1. The van der Waals surface area contributed by atoms with E-state index in [-0.39, 0.29) is 0 Å². The first-order chi connectivity index (χ1) is 17.1. The molecule has 9 heteroatoms. The van der Waals surface area contributed by atoms with Gasteiger partial charge in [-0.15, -0.1) is 0 Å². The highest BCUT2D eigenvalue weighted by molar-refractivity contribution is 7.00. The molecule has 3 aromatic carbocycles. The summed E-state index contributed by atoms with van der Waals surface area (Å²) < 4.78 is 20.0. The van der Waals surface area contributed by atoms with E-state index in [2.05, 4.69) is 18.7 Å². The molecule has 35 heavy (non-hydrogen) atoms. The Morgan fingerprint density at radius 3 is 2.89 bits per heavy atom. The minimum atomic E-state index is -1.92. The number of hydrogen-bond acceptors (Lipinski definition) is 8. The number of H-pyrrole nitrogens is 1. The predicted molar refractivity (Wildman–Crippen MR) is 130 cm³/mol. The summed E-state index contributed by atoms with van der Waals surface area (Å²) in [5.74, 6) is -1.71. The lowest BCUT2D eigenvalue weighted by Crippen LogP contribution is -2.30. The highest BCUT2D eigenvalue weighted by atomic mass is 32.1. The van der Waals surface area contributed by atoms with Gasteiger partial charge in [-0.25, -0.2) is 9.78 Å². The lowest BCUT2D eigenvalue weighted by molar-refractivity contribution is -0.185. The number of aromatic nitrogens is 4. The molecule has 0 aliphatic carbocycles. The molecule has 5 aromatic rings. The third kappa shape index (κ3) is 3.16. The Morgan fingerprint density at radius 2 is 1.94 bits per heavy atom. The number of hydrogen-bond donors (Lipinski definition) is 2. The summed E-state index contributed by atoms with van der Waals surface area (Å²) in [6.07, 6.45) is 2.67. The van der Waals surface area contributed by atoms with E-state index in [0.717, 1.165) is 51.6 Å². The molecule has 0 saturated carbocycles. The van der Waals surface area contributed by atoms with Crippen molar-refractivity contribution in [2.45, 2.75) is 18.6 Å². The topological polar surface area (TPSA) is 110 Å². The first-order valence-electron chi connectivity index (χ1n) is 11.2. The molecular formula is C26H18N4O4S. The number of cyclic esters (lactones) is 1. The number of ether oxygens (including phenoxy) is 2. The van der Waals surface area contributed by atoms with Crippen LogP contribution in [0, 0.1) is 0 Å². The van der Waals surface area contributed by atoms with Crippen LogP contribution in [-0.2, 0) is 28.2 Å². The molecule has 2 N–H and O–H groups in total. The maximum atomic E-state index is 13.3. The fraction of sp³-hybridized carbons (Fsp3) is 0.154. The summed E-state index contributed by atoms with van der Waals surface area (Å²) in [5, 5.41) is 12.0. The molecule has 0 saturated heterocycles. The molecule has 0 radical (unpaired) electrons. The third-order valence-corrected chi connectivity index (χ3v) is 7.20. The van der Waals surface area contributed by atoms with Crippen molar-refractivity contribution in [3.8, 4) is 5.75 Å². The number of fused-ring (bicyclic) bond motifs is 3. The second kappa shape index (κ2) is 7.46. The highest BCUT2D eigenvalue weighted by Gasteiger charge is 2.48. The summed E-state index contributed by atoms with van der Waals surface area (Å²) in [4.78, 5) is 20.8. The van der Waals surface area contributed by atoms with Crippen LogP contribution in [0.25, 0.3) is 27.6 Å². The number of nitrogens with zero attached hydrogens (tertiary/aromatic N) is 3. The van der Waals surface area contributed by atoms with Crippen molar-refractivity contribution in [1.29, 1.82) is 0 Å². The van der Waals surface area contributed by atoms with Crippen LogP contribution in [0.2, 0.25) is 0 Å². The number of esters is 1. The standard InChI is InChI=1S/C26H18N4O4S/c31-25-24(16-2-5-20-22(12-16)30-35-29-20)18(9-14-1-4-19-21(10-14)28-13-27-19)26(32,34-25)17-3-6-23-15(11-17)7-8-33-23/h1-6,10-13,32H,7-9H2,(H,27,28). The van der Waals surface area contributed by atoms with Crippen LogP contribution in [0.1, 0.15) is 22.3 Å². The summed E-state index contributed by atoms with van der Waals surface area (Å²) in [6.45, 7) is 0.594. The number of aromatic amines is 1. The van der Waals surface area contributed by atoms with Crippen molar-refractivity contribution in [3.05, 3.63) is 88.8 Å². The number of benzene rings is 3. The van der Waals surface area contributed by atoms with Gasteiger partial charge in [-0.3, -0.25) is 0 Å². The average molecular weight is 483 g/mol. The third-order valence-electron chi connectivity index (χ3n) is 6.65. The van der Waals surface area contributed by atoms with Gasteiger partial charge in [-0.05, 0) is 59.2 Å². The second-order valence-corrected chi connectivity index (χ2v) is 9.24. The van der Waals surface area contributed by atoms with Crippen molar-refractivity contribution >= 4 is 45.3 Å². The Labute approximate surface area is 203 Å². The van der Waals surface area contributed by atoms with Crippen molar-refractivity contribution in [2.24, 2.45) is 0 Å². The molecule has 8 nitrogen and oxygen atoms in total. The lowest BCUT2D eigenvalue weighted by Gasteiger charge is -2.26. The van der Waals surface area contributed by atoms with Gasteiger partial charge in [0.1, 0.15) is 16.8 Å². The van der Waals surface area contributed by atoms with Crippen molar-refractivity contribution in [1.82, 2.24) is 18.7 Å². The molecule has 0 fully saturated rings. The van der Waals surface area contributed by atoms with Crippen molar-refractivity contribution < 1.29 is 19.4 Å². The molecule has 7 rings (SSSR count). The number of imidazole rings is 1. The summed E-state index contributed by atoms with van der Waals surface area (Å²) in [7, 11) is 0. The van der Waals surface area contributed by atoms with Gasteiger partial charge in [-0.1, -0.05) is 12.1 Å². The van der Waals surface area contributed by atoms with Gasteiger partial charge >= 0.3 is 5.97 Å². The van der Waals surface area contributed by atoms with E-state index in [0.29, 0.717) is 40.8 Å².